The van der Waals surface area contributed by atoms with E-state index in [0.717, 1.165) is 5.56 Å². The second kappa shape index (κ2) is 4.28. The fourth-order valence-electron chi connectivity index (χ4n) is 1.29. The van der Waals surface area contributed by atoms with Gasteiger partial charge in [0.2, 0.25) is 0 Å². The van der Waals surface area contributed by atoms with Crippen molar-refractivity contribution in [3.05, 3.63) is 21.7 Å². The lowest BCUT2D eigenvalue weighted by atomic mass is 10.0. The van der Waals surface area contributed by atoms with Crippen LogP contribution in [0.25, 0.3) is 0 Å². The lowest BCUT2D eigenvalue weighted by Crippen LogP contribution is -1.93. The number of phenols is 1. The number of hydrogen-bond acceptors (Lipinski definition) is 2. The van der Waals surface area contributed by atoms with Crippen molar-refractivity contribution in [1.29, 1.82) is 0 Å². The van der Waals surface area contributed by atoms with Crippen molar-refractivity contribution in [3.8, 4) is 11.5 Å². The van der Waals surface area contributed by atoms with Crippen molar-refractivity contribution >= 4 is 23.2 Å². The number of methoxy groups -OCH3 is 1. The van der Waals surface area contributed by atoms with Crippen molar-refractivity contribution in [1.82, 2.24) is 0 Å². The zero-order valence-electron chi connectivity index (χ0n) is 8.27. The first kappa shape index (κ1) is 11.5. The normalized spacial score (nSPS) is 10.7. The third-order valence-electron chi connectivity index (χ3n) is 1.99. The van der Waals surface area contributed by atoms with Gasteiger partial charge in [0.25, 0.3) is 0 Å². The smallest absolute Gasteiger partial charge is 0.177 e. The molecule has 0 unspecified atom stereocenters. The highest BCUT2D eigenvalue weighted by Crippen LogP contribution is 2.43. The molecular weight excluding hydrogens is 223 g/mol. The summed E-state index contributed by atoms with van der Waals surface area (Å²) in [5.41, 5.74) is 0.742. The van der Waals surface area contributed by atoms with Crippen LogP contribution in [0, 0.1) is 0 Å². The minimum atomic E-state index is -0.0535. The maximum atomic E-state index is 9.64. The minimum absolute atomic E-state index is 0.0535. The van der Waals surface area contributed by atoms with Gasteiger partial charge >= 0.3 is 0 Å². The number of phenolic OH excluding ortho intramolecular Hbond substituents is 1. The van der Waals surface area contributed by atoms with Gasteiger partial charge in [-0.25, -0.2) is 0 Å². The monoisotopic (exact) mass is 234 g/mol. The highest BCUT2D eigenvalue weighted by Gasteiger charge is 2.17. The van der Waals surface area contributed by atoms with E-state index in [9.17, 15) is 5.11 Å². The first-order valence-corrected chi connectivity index (χ1v) is 4.99. The van der Waals surface area contributed by atoms with Crippen molar-refractivity contribution < 1.29 is 9.84 Å². The molecule has 0 aliphatic heterocycles. The summed E-state index contributed by atoms with van der Waals surface area (Å²) in [6.07, 6.45) is 0. The van der Waals surface area contributed by atoms with E-state index in [1.54, 1.807) is 6.07 Å². The number of benzene rings is 1. The average molecular weight is 235 g/mol. The molecule has 0 aliphatic rings. The molecule has 0 atom stereocenters. The molecule has 0 saturated carbocycles. The van der Waals surface area contributed by atoms with Gasteiger partial charge < -0.3 is 9.84 Å². The Morgan fingerprint density at radius 1 is 1.36 bits per heavy atom. The molecule has 1 aromatic carbocycles. The number of rotatable bonds is 2. The molecule has 0 heterocycles. The van der Waals surface area contributed by atoms with E-state index >= 15 is 0 Å². The quantitative estimate of drug-likeness (QED) is 0.843. The van der Waals surface area contributed by atoms with Gasteiger partial charge in [-0.15, -0.1) is 0 Å². The third-order valence-corrected chi connectivity index (χ3v) is 2.69. The van der Waals surface area contributed by atoms with Crippen LogP contribution in [-0.4, -0.2) is 12.2 Å². The van der Waals surface area contributed by atoms with Crippen LogP contribution in [0.4, 0.5) is 0 Å². The average Bonchev–Trinajstić information content (AvgIpc) is 2.10. The molecule has 1 rings (SSSR count). The Bertz CT molecular complexity index is 348. The lowest BCUT2D eigenvalue weighted by molar-refractivity contribution is 0.373. The fourth-order valence-corrected chi connectivity index (χ4v) is 2.16. The Kier molecular flexibility index (Phi) is 3.51. The van der Waals surface area contributed by atoms with Crippen molar-refractivity contribution in [2.45, 2.75) is 19.8 Å². The summed E-state index contributed by atoms with van der Waals surface area (Å²) < 4.78 is 4.92. The molecule has 0 radical (unpaired) electrons. The Hall–Kier alpha value is -0.600. The SMILES string of the molecule is COc1cc(Cl)c(C(C)C)c(Cl)c1O. The molecule has 1 aromatic rings. The van der Waals surface area contributed by atoms with Gasteiger partial charge in [0.05, 0.1) is 12.1 Å². The molecule has 2 nitrogen and oxygen atoms in total. The van der Waals surface area contributed by atoms with Crippen LogP contribution >= 0.6 is 23.2 Å². The van der Waals surface area contributed by atoms with Crippen LogP contribution in [0.1, 0.15) is 25.3 Å². The predicted octanol–water partition coefficient (Wildman–Crippen LogP) is 3.83. The molecule has 0 fully saturated rings. The summed E-state index contributed by atoms with van der Waals surface area (Å²) in [7, 11) is 1.46. The molecule has 4 heteroatoms. The van der Waals surface area contributed by atoms with Crippen LogP contribution in [-0.2, 0) is 0 Å². The maximum absolute atomic E-state index is 9.64. The van der Waals surface area contributed by atoms with Crippen molar-refractivity contribution in [3.63, 3.8) is 0 Å². The topological polar surface area (TPSA) is 29.5 Å². The minimum Gasteiger partial charge on any atom is -0.503 e. The number of ether oxygens (including phenoxy) is 1. The molecule has 0 aliphatic carbocycles. The van der Waals surface area contributed by atoms with E-state index in [-0.39, 0.29) is 16.7 Å². The summed E-state index contributed by atoms with van der Waals surface area (Å²) in [6.45, 7) is 3.91. The molecule has 0 spiro atoms. The zero-order chi connectivity index (χ0) is 10.9. The van der Waals surface area contributed by atoms with Crippen LogP contribution in [0.15, 0.2) is 6.07 Å². The first-order chi connectivity index (χ1) is 6.49. The number of halogens is 2. The van der Waals surface area contributed by atoms with Gasteiger partial charge in [0.15, 0.2) is 11.5 Å². The Morgan fingerprint density at radius 3 is 2.36 bits per heavy atom. The molecule has 0 bridgehead atoms. The van der Waals surface area contributed by atoms with Gasteiger partial charge in [0.1, 0.15) is 0 Å². The third kappa shape index (κ3) is 1.91. The van der Waals surface area contributed by atoms with Crippen molar-refractivity contribution in [2.24, 2.45) is 0 Å². The summed E-state index contributed by atoms with van der Waals surface area (Å²) in [6, 6.07) is 1.57. The number of aromatic hydroxyl groups is 1. The second-order valence-corrected chi connectivity index (χ2v) is 4.08. The van der Waals surface area contributed by atoms with Crippen LogP contribution in [0.2, 0.25) is 10.0 Å². The standard InChI is InChI=1S/C10H12Cl2O2/c1-5(2)8-6(11)4-7(14-3)10(13)9(8)12/h4-5,13H,1-3H3. The first-order valence-electron chi connectivity index (χ1n) is 4.23. The summed E-state index contributed by atoms with van der Waals surface area (Å²) in [5.74, 6) is 0.401. The van der Waals surface area contributed by atoms with E-state index in [1.165, 1.54) is 7.11 Å². The van der Waals surface area contributed by atoms with E-state index in [2.05, 4.69) is 0 Å². The van der Waals surface area contributed by atoms with Gasteiger partial charge in [0, 0.05) is 11.1 Å². The molecule has 1 N–H and O–H groups in total. The van der Waals surface area contributed by atoms with Gasteiger partial charge in [-0.3, -0.25) is 0 Å². The van der Waals surface area contributed by atoms with Gasteiger partial charge in [-0.05, 0) is 11.5 Å². The van der Waals surface area contributed by atoms with Crippen LogP contribution in [0.3, 0.4) is 0 Å². The van der Waals surface area contributed by atoms with Gasteiger partial charge in [-0.2, -0.15) is 0 Å². The maximum Gasteiger partial charge on any atom is 0.177 e. The van der Waals surface area contributed by atoms with E-state index in [0.29, 0.717) is 10.8 Å². The summed E-state index contributed by atoms with van der Waals surface area (Å²) in [4.78, 5) is 0. The molecule has 14 heavy (non-hydrogen) atoms. The largest absolute Gasteiger partial charge is 0.503 e. The number of hydrogen-bond donors (Lipinski definition) is 1. The van der Waals surface area contributed by atoms with Crippen LogP contribution < -0.4 is 4.74 Å². The van der Waals surface area contributed by atoms with E-state index < -0.39 is 0 Å². The zero-order valence-corrected chi connectivity index (χ0v) is 9.78. The summed E-state index contributed by atoms with van der Waals surface area (Å²) in [5, 5.41) is 10.4. The second-order valence-electron chi connectivity index (χ2n) is 3.29. The molecule has 0 amide bonds. The van der Waals surface area contributed by atoms with Gasteiger partial charge in [-0.1, -0.05) is 37.0 Å². The molecular formula is C10H12Cl2O2. The predicted molar refractivity (Wildman–Crippen MR) is 58.8 cm³/mol. The Labute approximate surface area is 93.4 Å². The molecule has 0 aromatic heterocycles. The Morgan fingerprint density at radius 2 is 1.93 bits per heavy atom. The summed E-state index contributed by atoms with van der Waals surface area (Å²) >= 11 is 12.0. The highest BCUT2D eigenvalue weighted by molar-refractivity contribution is 6.37. The van der Waals surface area contributed by atoms with E-state index in [4.69, 9.17) is 27.9 Å². The lowest BCUT2D eigenvalue weighted by Gasteiger charge is -2.14. The Balaban J connectivity index is 3.41. The van der Waals surface area contributed by atoms with E-state index in [1.807, 2.05) is 13.8 Å². The van der Waals surface area contributed by atoms with Crippen molar-refractivity contribution in [2.75, 3.05) is 7.11 Å². The molecule has 0 saturated heterocycles. The molecule has 78 valence electrons. The highest BCUT2D eigenvalue weighted by atomic mass is 35.5. The fraction of sp³-hybridized carbons (Fsp3) is 0.400. The van der Waals surface area contributed by atoms with Crippen LogP contribution in [0.5, 0.6) is 11.5 Å².